The average molecular weight is 274 g/mol. The Bertz CT molecular complexity index is 587. The van der Waals surface area contributed by atoms with Gasteiger partial charge in [0, 0.05) is 0 Å². The average Bonchev–Trinajstić information content (AvgIpc) is 2.90. The lowest BCUT2D eigenvalue weighted by atomic mass is 9.98. The Morgan fingerprint density at radius 1 is 1.10 bits per heavy atom. The molecule has 0 aliphatic rings. The number of furan rings is 1. The predicted molar refractivity (Wildman–Crippen MR) is 76.8 cm³/mol. The molecule has 2 rings (SSSR count). The van der Waals surface area contributed by atoms with Crippen LogP contribution in [0.4, 0.5) is 5.88 Å². The van der Waals surface area contributed by atoms with Crippen molar-refractivity contribution in [2.75, 3.05) is 7.05 Å². The second-order valence-electron chi connectivity index (χ2n) is 4.98. The van der Waals surface area contributed by atoms with Gasteiger partial charge in [-0.15, -0.1) is 0 Å². The molecule has 1 aromatic heterocycles. The number of nitro groups is 1. The lowest BCUT2D eigenvalue weighted by molar-refractivity contribution is -0.402. The summed E-state index contributed by atoms with van der Waals surface area (Å²) in [6.07, 6.45) is 0. The van der Waals surface area contributed by atoms with E-state index in [1.807, 2.05) is 12.1 Å². The van der Waals surface area contributed by atoms with Crippen LogP contribution in [0.15, 0.2) is 40.8 Å². The van der Waals surface area contributed by atoms with E-state index in [1.54, 1.807) is 13.1 Å². The van der Waals surface area contributed by atoms with Gasteiger partial charge in [-0.2, -0.15) is 0 Å². The van der Waals surface area contributed by atoms with Gasteiger partial charge in [-0.3, -0.25) is 10.1 Å². The Morgan fingerprint density at radius 2 is 1.70 bits per heavy atom. The van der Waals surface area contributed by atoms with Crippen molar-refractivity contribution in [2.24, 2.45) is 0 Å². The third-order valence-electron chi connectivity index (χ3n) is 3.30. The van der Waals surface area contributed by atoms with E-state index in [0.29, 0.717) is 11.7 Å². The van der Waals surface area contributed by atoms with Crippen LogP contribution >= 0.6 is 0 Å². The lowest BCUT2D eigenvalue weighted by Crippen LogP contribution is -2.17. The predicted octanol–water partition coefficient (Wildman–Crippen LogP) is 3.62. The first-order valence-electron chi connectivity index (χ1n) is 6.54. The van der Waals surface area contributed by atoms with Crippen molar-refractivity contribution in [3.8, 4) is 0 Å². The molecule has 20 heavy (non-hydrogen) atoms. The number of hydrogen-bond donors (Lipinski definition) is 1. The maximum Gasteiger partial charge on any atom is 0.433 e. The summed E-state index contributed by atoms with van der Waals surface area (Å²) in [5, 5.41) is 13.8. The summed E-state index contributed by atoms with van der Waals surface area (Å²) in [7, 11) is 1.80. The molecule has 106 valence electrons. The molecule has 0 aliphatic carbocycles. The van der Waals surface area contributed by atoms with Crippen LogP contribution in [0.3, 0.4) is 0 Å². The van der Waals surface area contributed by atoms with Crippen LogP contribution in [0.5, 0.6) is 0 Å². The highest BCUT2D eigenvalue weighted by Crippen LogP contribution is 2.27. The number of hydrogen-bond acceptors (Lipinski definition) is 4. The van der Waals surface area contributed by atoms with Gasteiger partial charge < -0.3 is 9.73 Å². The maximum absolute atomic E-state index is 10.7. The molecule has 1 aromatic carbocycles. The molecule has 1 heterocycles. The molecule has 0 spiro atoms. The minimum Gasteiger partial charge on any atom is -0.404 e. The van der Waals surface area contributed by atoms with E-state index < -0.39 is 4.92 Å². The summed E-state index contributed by atoms with van der Waals surface area (Å²) in [6.45, 7) is 4.28. The van der Waals surface area contributed by atoms with Gasteiger partial charge in [0.05, 0.1) is 12.1 Å². The zero-order chi connectivity index (χ0) is 14.7. The van der Waals surface area contributed by atoms with Crippen molar-refractivity contribution in [3.63, 3.8) is 0 Å². The highest BCUT2D eigenvalue weighted by Gasteiger charge is 2.20. The van der Waals surface area contributed by atoms with Gasteiger partial charge in [0.25, 0.3) is 0 Å². The molecule has 5 nitrogen and oxygen atoms in total. The van der Waals surface area contributed by atoms with Crippen LogP contribution in [-0.4, -0.2) is 12.0 Å². The molecule has 0 fully saturated rings. The molecule has 1 atom stereocenters. The summed E-state index contributed by atoms with van der Waals surface area (Å²) in [5.74, 6) is 0.775. The fraction of sp³-hybridized carbons (Fsp3) is 0.333. The van der Waals surface area contributed by atoms with Crippen LogP contribution in [0.2, 0.25) is 0 Å². The SMILES string of the molecule is CNC(c1ccc(C(C)C)cc1)c1ccc([N+](=O)[O-])o1. The highest BCUT2D eigenvalue weighted by molar-refractivity contribution is 5.32. The summed E-state index contributed by atoms with van der Waals surface area (Å²) >= 11 is 0. The molecule has 0 saturated heterocycles. The molecule has 0 saturated carbocycles. The smallest absolute Gasteiger partial charge is 0.404 e. The van der Waals surface area contributed by atoms with Gasteiger partial charge in [0.1, 0.15) is 10.7 Å². The lowest BCUT2D eigenvalue weighted by Gasteiger charge is -2.15. The third kappa shape index (κ3) is 2.88. The number of rotatable bonds is 5. The second kappa shape index (κ2) is 5.88. The van der Waals surface area contributed by atoms with Gasteiger partial charge in [-0.05, 0) is 30.2 Å². The summed E-state index contributed by atoms with van der Waals surface area (Å²) < 4.78 is 5.27. The van der Waals surface area contributed by atoms with Crippen molar-refractivity contribution in [2.45, 2.75) is 25.8 Å². The molecule has 1 unspecified atom stereocenters. The van der Waals surface area contributed by atoms with Gasteiger partial charge in [0.2, 0.25) is 0 Å². The number of nitrogens with one attached hydrogen (secondary N) is 1. The molecule has 0 radical (unpaired) electrons. The van der Waals surface area contributed by atoms with Crippen molar-refractivity contribution >= 4 is 5.88 Å². The van der Waals surface area contributed by atoms with Gasteiger partial charge >= 0.3 is 5.88 Å². The topological polar surface area (TPSA) is 68.3 Å². The van der Waals surface area contributed by atoms with Crippen LogP contribution < -0.4 is 5.32 Å². The first-order valence-corrected chi connectivity index (χ1v) is 6.54. The fourth-order valence-electron chi connectivity index (χ4n) is 2.14. The Balaban J connectivity index is 2.28. The standard InChI is InChI=1S/C15H18N2O3/c1-10(2)11-4-6-12(7-5-11)15(16-3)13-8-9-14(20-13)17(18)19/h4-10,15-16H,1-3H3. The van der Waals surface area contributed by atoms with Crippen molar-refractivity contribution in [3.05, 3.63) is 63.4 Å². The zero-order valence-corrected chi connectivity index (χ0v) is 11.8. The van der Waals surface area contributed by atoms with E-state index >= 15 is 0 Å². The van der Waals surface area contributed by atoms with Crippen LogP contribution in [-0.2, 0) is 0 Å². The third-order valence-corrected chi connectivity index (χ3v) is 3.30. The monoisotopic (exact) mass is 274 g/mol. The van der Waals surface area contributed by atoms with E-state index in [4.69, 9.17) is 4.42 Å². The Morgan fingerprint density at radius 3 is 2.15 bits per heavy atom. The molecule has 5 heteroatoms. The van der Waals surface area contributed by atoms with Crippen LogP contribution in [0.1, 0.15) is 42.7 Å². The first kappa shape index (κ1) is 14.3. The Labute approximate surface area is 117 Å². The summed E-state index contributed by atoms with van der Waals surface area (Å²) in [5.41, 5.74) is 2.27. The largest absolute Gasteiger partial charge is 0.433 e. The van der Waals surface area contributed by atoms with Crippen molar-refractivity contribution < 1.29 is 9.34 Å². The van der Waals surface area contributed by atoms with Gasteiger partial charge in [-0.25, -0.2) is 0 Å². The molecular formula is C15H18N2O3. The van der Waals surface area contributed by atoms with Crippen molar-refractivity contribution in [1.82, 2.24) is 5.32 Å². The summed E-state index contributed by atoms with van der Waals surface area (Å²) in [6, 6.07) is 11.0. The molecule has 2 aromatic rings. The maximum atomic E-state index is 10.7. The molecule has 0 aliphatic heterocycles. The quantitative estimate of drug-likeness (QED) is 0.668. The molecule has 0 bridgehead atoms. The second-order valence-corrected chi connectivity index (χ2v) is 4.98. The van der Waals surface area contributed by atoms with Crippen LogP contribution in [0, 0.1) is 10.1 Å². The fourth-order valence-corrected chi connectivity index (χ4v) is 2.14. The number of benzene rings is 1. The van der Waals surface area contributed by atoms with E-state index in [2.05, 4.69) is 31.3 Å². The van der Waals surface area contributed by atoms with E-state index in [9.17, 15) is 10.1 Å². The molecular weight excluding hydrogens is 256 g/mol. The molecule has 0 amide bonds. The Kier molecular flexibility index (Phi) is 4.20. The molecule has 1 N–H and O–H groups in total. The van der Waals surface area contributed by atoms with E-state index in [0.717, 1.165) is 5.56 Å². The summed E-state index contributed by atoms with van der Waals surface area (Å²) in [4.78, 5) is 10.1. The highest BCUT2D eigenvalue weighted by atomic mass is 16.6. The first-order chi connectivity index (χ1) is 9.52. The normalized spacial score (nSPS) is 12.6. The zero-order valence-electron chi connectivity index (χ0n) is 11.8. The van der Waals surface area contributed by atoms with E-state index in [-0.39, 0.29) is 11.9 Å². The minimum absolute atomic E-state index is 0.190. The van der Waals surface area contributed by atoms with E-state index in [1.165, 1.54) is 11.6 Å². The number of nitrogens with zero attached hydrogens (tertiary/aromatic N) is 1. The minimum atomic E-state index is -0.530. The Hall–Kier alpha value is -2.14. The van der Waals surface area contributed by atoms with Crippen molar-refractivity contribution in [1.29, 1.82) is 0 Å². The van der Waals surface area contributed by atoms with Gasteiger partial charge in [-0.1, -0.05) is 38.1 Å². The van der Waals surface area contributed by atoms with Crippen LogP contribution in [0.25, 0.3) is 0 Å². The van der Waals surface area contributed by atoms with Gasteiger partial charge in [0.15, 0.2) is 0 Å².